The molecule has 0 aliphatic rings. The molecule has 0 radical (unpaired) electrons. The number of aliphatic imine (C=N–C) groups is 1. The maximum Gasteiger partial charge on any atom is 0.330 e. The van der Waals surface area contributed by atoms with Crippen LogP contribution in [0.4, 0.5) is 4.39 Å². The van der Waals surface area contributed by atoms with Crippen molar-refractivity contribution in [3.8, 4) is 0 Å². The Kier molecular flexibility index (Phi) is 5.88. The van der Waals surface area contributed by atoms with Crippen molar-refractivity contribution in [2.75, 3.05) is 0 Å². The molecule has 0 fully saturated rings. The Morgan fingerprint density at radius 2 is 2.00 bits per heavy atom. The standard InChI is InChI=1S/C19H18ClFN6O2/c1-3-26-17-15(18(28)25-19(26)29)27(10-12-4-6-13(21)7-5-12)16(24-17)11(2)9-23-14(20)8-22/h4-9,22H,3,10H2,1-2H3,(H,25,28,29)/b11-9+,22-8?,23-14+. The summed E-state index contributed by atoms with van der Waals surface area (Å²) in [6.07, 6.45) is 2.32. The van der Waals surface area contributed by atoms with Crippen LogP contribution < -0.4 is 11.2 Å². The van der Waals surface area contributed by atoms with Gasteiger partial charge in [0, 0.05) is 24.9 Å². The Bertz CT molecular complexity index is 1250. The van der Waals surface area contributed by atoms with Gasteiger partial charge >= 0.3 is 5.69 Å². The number of halogens is 2. The van der Waals surface area contributed by atoms with E-state index >= 15 is 0 Å². The molecule has 29 heavy (non-hydrogen) atoms. The van der Waals surface area contributed by atoms with Gasteiger partial charge in [-0.3, -0.25) is 14.3 Å². The number of H-pyrrole nitrogens is 1. The molecule has 1 aromatic carbocycles. The van der Waals surface area contributed by atoms with Crippen molar-refractivity contribution in [1.29, 1.82) is 5.41 Å². The Hall–Kier alpha value is -3.33. The van der Waals surface area contributed by atoms with Gasteiger partial charge in [0.15, 0.2) is 11.2 Å². The van der Waals surface area contributed by atoms with Crippen molar-refractivity contribution in [2.24, 2.45) is 4.99 Å². The minimum absolute atomic E-state index is 0.0196. The second-order valence-corrected chi connectivity index (χ2v) is 6.62. The van der Waals surface area contributed by atoms with E-state index in [-0.39, 0.29) is 28.7 Å². The number of aromatic amines is 1. The number of allylic oxidation sites excluding steroid dienone is 1. The molecular weight excluding hydrogens is 399 g/mol. The van der Waals surface area contributed by atoms with E-state index in [4.69, 9.17) is 17.0 Å². The van der Waals surface area contributed by atoms with Crippen LogP contribution in [0.25, 0.3) is 16.7 Å². The summed E-state index contributed by atoms with van der Waals surface area (Å²) in [5, 5.41) is 7.09. The molecular formula is C19H18ClFN6O2. The maximum absolute atomic E-state index is 13.3. The van der Waals surface area contributed by atoms with Crippen LogP contribution in [0, 0.1) is 11.2 Å². The van der Waals surface area contributed by atoms with Crippen LogP contribution >= 0.6 is 11.6 Å². The molecule has 0 atom stereocenters. The zero-order valence-electron chi connectivity index (χ0n) is 15.7. The first-order chi connectivity index (χ1) is 13.8. The molecule has 150 valence electrons. The van der Waals surface area contributed by atoms with Gasteiger partial charge in [-0.1, -0.05) is 23.7 Å². The van der Waals surface area contributed by atoms with Gasteiger partial charge in [0.2, 0.25) is 0 Å². The lowest BCUT2D eigenvalue weighted by atomic mass is 10.2. The number of nitrogens with zero attached hydrogens (tertiary/aromatic N) is 4. The lowest BCUT2D eigenvalue weighted by molar-refractivity contribution is 0.626. The third kappa shape index (κ3) is 4.09. The summed E-state index contributed by atoms with van der Waals surface area (Å²) in [6.45, 7) is 4.04. The lowest BCUT2D eigenvalue weighted by Crippen LogP contribution is -2.30. The van der Waals surface area contributed by atoms with Gasteiger partial charge in [-0.25, -0.2) is 19.2 Å². The first kappa shape index (κ1) is 20.4. The second kappa shape index (κ2) is 8.36. The topological polar surface area (TPSA) is 109 Å². The second-order valence-electron chi connectivity index (χ2n) is 6.23. The summed E-state index contributed by atoms with van der Waals surface area (Å²) < 4.78 is 16.3. The molecule has 0 saturated carbocycles. The Balaban J connectivity index is 2.29. The minimum atomic E-state index is -0.565. The summed E-state index contributed by atoms with van der Waals surface area (Å²) in [7, 11) is 0. The Morgan fingerprint density at radius 1 is 1.31 bits per heavy atom. The van der Waals surface area contributed by atoms with Gasteiger partial charge in [0.25, 0.3) is 5.56 Å². The number of imidazole rings is 1. The van der Waals surface area contributed by atoms with E-state index in [1.807, 2.05) is 0 Å². The molecule has 10 heteroatoms. The molecule has 0 saturated heterocycles. The number of benzene rings is 1. The van der Waals surface area contributed by atoms with E-state index in [2.05, 4.69) is 15.0 Å². The van der Waals surface area contributed by atoms with Crippen LogP contribution in [-0.4, -0.2) is 30.5 Å². The van der Waals surface area contributed by atoms with Crippen LogP contribution in [-0.2, 0) is 13.1 Å². The van der Waals surface area contributed by atoms with E-state index < -0.39 is 11.2 Å². The Morgan fingerprint density at radius 3 is 2.62 bits per heavy atom. The van der Waals surface area contributed by atoms with Gasteiger partial charge in [0.1, 0.15) is 16.8 Å². The zero-order valence-corrected chi connectivity index (χ0v) is 16.5. The number of hydrogen-bond donors (Lipinski definition) is 2. The highest BCUT2D eigenvalue weighted by molar-refractivity contribution is 6.79. The number of hydrogen-bond acceptors (Lipinski definition) is 5. The highest BCUT2D eigenvalue weighted by Crippen LogP contribution is 2.21. The van der Waals surface area contributed by atoms with E-state index in [9.17, 15) is 14.0 Å². The first-order valence-electron chi connectivity index (χ1n) is 8.74. The number of aryl methyl sites for hydroxylation is 1. The van der Waals surface area contributed by atoms with Crippen LogP contribution in [0.1, 0.15) is 25.2 Å². The highest BCUT2D eigenvalue weighted by atomic mass is 35.5. The van der Waals surface area contributed by atoms with Gasteiger partial charge in [-0.15, -0.1) is 0 Å². The molecule has 3 rings (SSSR count). The number of rotatable bonds is 6. The van der Waals surface area contributed by atoms with Crippen molar-refractivity contribution in [2.45, 2.75) is 26.9 Å². The molecule has 2 N–H and O–H groups in total. The van der Waals surface area contributed by atoms with Crippen molar-refractivity contribution in [1.82, 2.24) is 19.1 Å². The molecule has 0 amide bonds. The van der Waals surface area contributed by atoms with E-state index in [0.717, 1.165) is 11.8 Å². The van der Waals surface area contributed by atoms with Gasteiger partial charge in [-0.2, -0.15) is 0 Å². The molecule has 2 aromatic heterocycles. The fraction of sp³-hybridized carbons (Fsp3) is 0.211. The van der Waals surface area contributed by atoms with Gasteiger partial charge in [0.05, 0.1) is 6.21 Å². The van der Waals surface area contributed by atoms with Crippen LogP contribution in [0.3, 0.4) is 0 Å². The van der Waals surface area contributed by atoms with Crippen molar-refractivity contribution in [3.05, 3.63) is 68.5 Å². The average Bonchev–Trinajstić information content (AvgIpc) is 3.07. The summed E-state index contributed by atoms with van der Waals surface area (Å²) in [4.78, 5) is 35.5. The van der Waals surface area contributed by atoms with Crippen molar-refractivity contribution < 1.29 is 4.39 Å². The van der Waals surface area contributed by atoms with Crippen LogP contribution in [0.2, 0.25) is 0 Å². The third-order valence-corrected chi connectivity index (χ3v) is 4.52. The molecule has 8 nitrogen and oxygen atoms in total. The maximum atomic E-state index is 13.3. The first-order valence-corrected chi connectivity index (χ1v) is 9.12. The summed E-state index contributed by atoms with van der Waals surface area (Å²) in [6, 6.07) is 5.88. The predicted molar refractivity (Wildman–Crippen MR) is 112 cm³/mol. The fourth-order valence-corrected chi connectivity index (χ4v) is 3.00. The van der Waals surface area contributed by atoms with E-state index in [1.54, 1.807) is 30.5 Å². The number of aromatic nitrogens is 4. The van der Waals surface area contributed by atoms with Crippen molar-refractivity contribution in [3.63, 3.8) is 0 Å². The smallest absolute Gasteiger partial charge is 0.314 e. The molecule has 2 heterocycles. The average molecular weight is 417 g/mol. The fourth-order valence-electron chi connectivity index (χ4n) is 2.95. The van der Waals surface area contributed by atoms with Crippen molar-refractivity contribution >= 4 is 39.7 Å². The molecule has 3 aromatic rings. The zero-order chi connectivity index (χ0) is 21.1. The van der Waals surface area contributed by atoms with Crippen LogP contribution in [0.5, 0.6) is 0 Å². The summed E-state index contributed by atoms with van der Waals surface area (Å²) in [5.41, 5.74) is 0.667. The SMILES string of the molecule is CCn1c(=O)[nH]c(=O)c2c1nc(/C(C)=C/N=C(/Cl)C=N)n2Cc1ccc(F)cc1. The molecule has 0 aliphatic heterocycles. The van der Waals surface area contributed by atoms with Gasteiger partial charge in [-0.05, 0) is 31.5 Å². The normalized spacial score (nSPS) is 12.6. The molecule has 0 bridgehead atoms. The predicted octanol–water partition coefficient (Wildman–Crippen LogP) is 2.74. The summed E-state index contributed by atoms with van der Waals surface area (Å²) >= 11 is 5.75. The Labute approximate surface area is 169 Å². The van der Waals surface area contributed by atoms with Crippen LogP contribution in [0.15, 0.2) is 45.0 Å². The number of nitrogens with one attached hydrogen (secondary N) is 2. The largest absolute Gasteiger partial charge is 0.330 e. The van der Waals surface area contributed by atoms with Gasteiger partial charge < -0.3 is 9.98 Å². The summed E-state index contributed by atoms with van der Waals surface area (Å²) in [5.74, 6) is 0.0367. The third-order valence-electron chi connectivity index (χ3n) is 4.31. The van der Waals surface area contributed by atoms with E-state index in [0.29, 0.717) is 17.9 Å². The molecule has 0 unspecified atom stereocenters. The van der Waals surface area contributed by atoms with E-state index in [1.165, 1.54) is 22.9 Å². The minimum Gasteiger partial charge on any atom is -0.314 e. The number of fused-ring (bicyclic) bond motifs is 1. The molecule has 0 aliphatic carbocycles. The molecule has 0 spiro atoms. The highest BCUT2D eigenvalue weighted by Gasteiger charge is 2.19. The quantitative estimate of drug-likeness (QED) is 0.603. The monoisotopic (exact) mass is 416 g/mol. The lowest BCUT2D eigenvalue weighted by Gasteiger charge is -2.09.